The SMILES string of the molecule is COP(=O)(OC)OCC(C=C(C)CCC=C(C)CCC=C(C)C)NC(C)=O. The zero-order chi connectivity index (χ0) is 20.9. The number of phosphoric acid groups is 1. The van der Waals surface area contributed by atoms with Gasteiger partial charge in [0.1, 0.15) is 0 Å². The van der Waals surface area contributed by atoms with Gasteiger partial charge in [-0.05, 0) is 53.4 Å². The van der Waals surface area contributed by atoms with Crippen molar-refractivity contribution in [2.24, 2.45) is 0 Å². The molecule has 0 aromatic heterocycles. The van der Waals surface area contributed by atoms with Crippen LogP contribution in [-0.4, -0.2) is 32.8 Å². The molecule has 0 rings (SSSR count). The van der Waals surface area contributed by atoms with Crippen molar-refractivity contribution in [1.29, 1.82) is 0 Å². The summed E-state index contributed by atoms with van der Waals surface area (Å²) >= 11 is 0. The number of carbonyl (C=O) groups is 1. The van der Waals surface area contributed by atoms with Crippen molar-refractivity contribution in [3.63, 3.8) is 0 Å². The Hall–Kier alpha value is -1.20. The van der Waals surface area contributed by atoms with Gasteiger partial charge >= 0.3 is 7.82 Å². The van der Waals surface area contributed by atoms with Crippen LogP contribution < -0.4 is 5.32 Å². The van der Waals surface area contributed by atoms with Gasteiger partial charge in [0.2, 0.25) is 5.91 Å². The van der Waals surface area contributed by atoms with E-state index in [0.717, 1.165) is 31.3 Å². The van der Waals surface area contributed by atoms with Gasteiger partial charge in [-0.2, -0.15) is 0 Å². The van der Waals surface area contributed by atoms with Crippen LogP contribution in [0.25, 0.3) is 0 Å². The van der Waals surface area contributed by atoms with Gasteiger partial charge in [0.05, 0.1) is 12.6 Å². The van der Waals surface area contributed by atoms with E-state index in [1.807, 2.05) is 13.0 Å². The van der Waals surface area contributed by atoms with Gasteiger partial charge < -0.3 is 5.32 Å². The lowest BCUT2D eigenvalue weighted by atomic mass is 10.1. The van der Waals surface area contributed by atoms with E-state index in [1.54, 1.807) is 0 Å². The monoisotopic (exact) mass is 401 g/mol. The second-order valence-corrected chi connectivity index (χ2v) is 8.72. The van der Waals surface area contributed by atoms with Crippen LogP contribution in [0.1, 0.15) is 60.3 Å². The van der Waals surface area contributed by atoms with Crippen LogP contribution in [-0.2, 0) is 22.9 Å². The van der Waals surface area contributed by atoms with Crippen LogP contribution in [0.4, 0.5) is 0 Å². The predicted octanol–water partition coefficient (Wildman–Crippen LogP) is 5.33. The quantitative estimate of drug-likeness (QED) is 0.334. The van der Waals surface area contributed by atoms with Crippen LogP contribution in [0.5, 0.6) is 0 Å². The fourth-order valence-corrected chi connectivity index (χ4v) is 3.11. The summed E-state index contributed by atoms with van der Waals surface area (Å²) < 4.78 is 26.7. The first-order chi connectivity index (χ1) is 12.6. The number of hydrogen-bond acceptors (Lipinski definition) is 5. The van der Waals surface area contributed by atoms with Crippen molar-refractivity contribution in [3.8, 4) is 0 Å². The second kappa shape index (κ2) is 13.9. The van der Waals surface area contributed by atoms with Crippen molar-refractivity contribution >= 4 is 13.7 Å². The molecule has 0 aromatic carbocycles. The molecule has 0 fully saturated rings. The highest BCUT2D eigenvalue weighted by Crippen LogP contribution is 2.47. The summed E-state index contributed by atoms with van der Waals surface area (Å²) in [6.45, 7) is 9.82. The van der Waals surface area contributed by atoms with Gasteiger partial charge in [0, 0.05) is 21.1 Å². The van der Waals surface area contributed by atoms with Crippen LogP contribution >= 0.6 is 7.82 Å². The molecule has 7 heteroatoms. The number of nitrogens with one attached hydrogen (secondary N) is 1. The topological polar surface area (TPSA) is 73.9 Å². The maximum atomic E-state index is 12.0. The lowest BCUT2D eigenvalue weighted by molar-refractivity contribution is -0.119. The molecular formula is C20H36NO5P. The molecule has 0 heterocycles. The molecule has 0 aliphatic rings. The fourth-order valence-electron chi connectivity index (χ4n) is 2.41. The molecular weight excluding hydrogens is 365 g/mol. The van der Waals surface area contributed by atoms with Crippen LogP contribution in [0.3, 0.4) is 0 Å². The van der Waals surface area contributed by atoms with E-state index in [4.69, 9.17) is 13.6 Å². The van der Waals surface area contributed by atoms with Crippen LogP contribution in [0.15, 0.2) is 34.9 Å². The molecule has 1 amide bonds. The number of rotatable bonds is 13. The van der Waals surface area contributed by atoms with Gasteiger partial charge in [0.15, 0.2) is 0 Å². The largest absolute Gasteiger partial charge is 0.474 e. The smallest absolute Gasteiger partial charge is 0.348 e. The van der Waals surface area contributed by atoms with E-state index in [9.17, 15) is 9.36 Å². The molecule has 1 N–H and O–H groups in total. The molecule has 1 unspecified atom stereocenters. The molecule has 6 nitrogen and oxygen atoms in total. The molecule has 156 valence electrons. The standard InChI is InChI=1S/C20H36NO5P/c1-16(2)10-8-11-17(3)12-9-13-18(4)14-20(21-19(5)22)15-26-27(23,24-6)25-7/h10,12,14,20H,8-9,11,13,15H2,1-7H3,(H,21,22). The zero-order valence-electron chi connectivity index (χ0n) is 17.8. The minimum atomic E-state index is -3.57. The maximum Gasteiger partial charge on any atom is 0.474 e. The van der Waals surface area contributed by atoms with Gasteiger partial charge in [-0.25, -0.2) is 4.57 Å². The third kappa shape index (κ3) is 13.6. The predicted molar refractivity (Wildman–Crippen MR) is 111 cm³/mol. The number of amides is 1. The average Bonchev–Trinajstić information content (AvgIpc) is 2.58. The minimum absolute atomic E-state index is 0.00739. The fraction of sp³-hybridized carbons (Fsp3) is 0.650. The minimum Gasteiger partial charge on any atom is -0.348 e. The number of carbonyl (C=O) groups excluding carboxylic acids is 1. The van der Waals surface area contributed by atoms with E-state index in [1.165, 1.54) is 32.3 Å². The van der Waals surface area contributed by atoms with Gasteiger partial charge in [-0.3, -0.25) is 18.4 Å². The highest BCUT2D eigenvalue weighted by atomic mass is 31.2. The number of phosphoric ester groups is 1. The highest BCUT2D eigenvalue weighted by molar-refractivity contribution is 7.48. The van der Waals surface area contributed by atoms with E-state index >= 15 is 0 Å². The summed E-state index contributed by atoms with van der Waals surface area (Å²) in [5.41, 5.74) is 3.85. The average molecular weight is 401 g/mol. The molecule has 0 spiro atoms. The van der Waals surface area contributed by atoms with Crippen molar-refractivity contribution in [2.75, 3.05) is 20.8 Å². The Bertz CT molecular complexity index is 583. The Balaban J connectivity index is 4.68. The molecule has 0 aliphatic heterocycles. The van der Waals surface area contributed by atoms with Crippen molar-refractivity contribution < 1.29 is 22.9 Å². The third-order valence-electron chi connectivity index (χ3n) is 3.86. The Kier molecular flexibility index (Phi) is 13.3. The molecule has 0 bridgehead atoms. The molecule has 0 aliphatic carbocycles. The summed E-state index contributed by atoms with van der Waals surface area (Å²) in [5, 5.41) is 2.77. The summed E-state index contributed by atoms with van der Waals surface area (Å²) in [6.07, 6.45) is 10.4. The summed E-state index contributed by atoms with van der Waals surface area (Å²) in [7, 11) is -1.06. The molecule has 0 saturated heterocycles. The molecule has 27 heavy (non-hydrogen) atoms. The second-order valence-electron chi connectivity index (χ2n) is 6.84. The lowest BCUT2D eigenvalue weighted by Crippen LogP contribution is -2.35. The molecule has 0 aromatic rings. The Morgan fingerprint density at radius 3 is 2.04 bits per heavy atom. The summed E-state index contributed by atoms with van der Waals surface area (Å²) in [4.78, 5) is 11.4. The normalized spacial score (nSPS) is 14.0. The highest BCUT2D eigenvalue weighted by Gasteiger charge is 2.24. The van der Waals surface area contributed by atoms with E-state index in [0.29, 0.717) is 0 Å². The number of hydrogen-bond donors (Lipinski definition) is 1. The maximum absolute atomic E-state index is 12.0. The lowest BCUT2D eigenvalue weighted by Gasteiger charge is -2.19. The third-order valence-corrected chi connectivity index (χ3v) is 5.22. The zero-order valence-corrected chi connectivity index (χ0v) is 18.7. The van der Waals surface area contributed by atoms with E-state index in [2.05, 4.69) is 38.2 Å². The Morgan fingerprint density at radius 2 is 1.52 bits per heavy atom. The van der Waals surface area contributed by atoms with Gasteiger partial charge in [-0.1, -0.05) is 34.9 Å². The summed E-state index contributed by atoms with van der Waals surface area (Å²) in [6, 6.07) is -0.399. The Morgan fingerprint density at radius 1 is 0.963 bits per heavy atom. The number of allylic oxidation sites excluding steroid dienone is 5. The van der Waals surface area contributed by atoms with Crippen molar-refractivity contribution in [2.45, 2.75) is 66.3 Å². The van der Waals surface area contributed by atoms with Gasteiger partial charge in [-0.15, -0.1) is 0 Å². The Labute approximate surface area is 164 Å². The van der Waals surface area contributed by atoms with E-state index < -0.39 is 13.9 Å². The van der Waals surface area contributed by atoms with Crippen LogP contribution in [0.2, 0.25) is 0 Å². The van der Waals surface area contributed by atoms with Gasteiger partial charge in [0.25, 0.3) is 0 Å². The first kappa shape index (κ1) is 25.8. The van der Waals surface area contributed by atoms with E-state index in [-0.39, 0.29) is 12.5 Å². The molecule has 0 saturated carbocycles. The van der Waals surface area contributed by atoms with Crippen molar-refractivity contribution in [1.82, 2.24) is 5.32 Å². The first-order valence-corrected chi connectivity index (χ1v) is 10.7. The molecule has 0 radical (unpaired) electrons. The molecule has 1 atom stereocenters. The van der Waals surface area contributed by atoms with Crippen LogP contribution in [0, 0.1) is 0 Å². The first-order valence-electron chi connectivity index (χ1n) is 9.21. The summed E-state index contributed by atoms with van der Waals surface area (Å²) in [5.74, 6) is -0.188. The van der Waals surface area contributed by atoms with Crippen molar-refractivity contribution in [3.05, 3.63) is 34.9 Å².